The van der Waals surface area contributed by atoms with Crippen LogP contribution in [0.4, 0.5) is 5.69 Å². The first kappa shape index (κ1) is 16.7. The molecule has 5 heteroatoms. The molecule has 0 bridgehead atoms. The second-order valence-electron chi connectivity index (χ2n) is 5.50. The number of hydrogen-bond donors (Lipinski definition) is 2. The third-order valence-electron chi connectivity index (χ3n) is 3.86. The molecule has 1 heterocycles. The van der Waals surface area contributed by atoms with Crippen molar-refractivity contribution in [1.82, 2.24) is 5.32 Å². The van der Waals surface area contributed by atoms with Gasteiger partial charge in [0.2, 0.25) is 0 Å². The highest BCUT2D eigenvalue weighted by atomic mass is 79.9. The quantitative estimate of drug-likeness (QED) is 0.822. The summed E-state index contributed by atoms with van der Waals surface area (Å²) in [5, 5.41) is 12.7. The topological polar surface area (TPSA) is 44.7 Å². The van der Waals surface area contributed by atoms with Crippen LogP contribution in [0.25, 0.3) is 0 Å². The van der Waals surface area contributed by atoms with Gasteiger partial charge in [-0.2, -0.15) is 0 Å². The number of aliphatic hydroxyl groups excluding tert-OH is 1. The summed E-state index contributed by atoms with van der Waals surface area (Å²) in [4.78, 5) is 2.27. The molecule has 118 valence electrons. The second kappa shape index (κ2) is 8.13. The maximum absolute atomic E-state index is 9.24. The largest absolute Gasteiger partial charge is 0.394 e. The van der Waals surface area contributed by atoms with E-state index >= 15 is 0 Å². The molecule has 1 aliphatic rings. The Bertz CT molecular complexity index is 456. The van der Waals surface area contributed by atoms with Crippen molar-refractivity contribution in [1.29, 1.82) is 0 Å². The number of aliphatic hydroxyl groups is 1. The van der Waals surface area contributed by atoms with Gasteiger partial charge in [0.15, 0.2) is 0 Å². The van der Waals surface area contributed by atoms with Crippen molar-refractivity contribution in [3.05, 3.63) is 28.2 Å². The maximum atomic E-state index is 9.24. The van der Waals surface area contributed by atoms with Gasteiger partial charge in [0.25, 0.3) is 0 Å². The molecule has 21 heavy (non-hydrogen) atoms. The maximum Gasteiger partial charge on any atom is 0.0980 e. The van der Waals surface area contributed by atoms with Crippen LogP contribution in [0.5, 0.6) is 0 Å². The minimum absolute atomic E-state index is 0.0771. The molecule has 0 amide bonds. The zero-order valence-corrected chi connectivity index (χ0v) is 14.4. The highest BCUT2D eigenvalue weighted by Crippen LogP contribution is 2.29. The zero-order valence-electron chi connectivity index (χ0n) is 12.8. The van der Waals surface area contributed by atoms with Crippen LogP contribution in [0.2, 0.25) is 0 Å². The van der Waals surface area contributed by atoms with Crippen LogP contribution in [-0.4, -0.2) is 44.1 Å². The van der Waals surface area contributed by atoms with Crippen molar-refractivity contribution in [2.45, 2.75) is 32.4 Å². The van der Waals surface area contributed by atoms with Gasteiger partial charge in [-0.25, -0.2) is 0 Å². The Labute approximate surface area is 135 Å². The summed E-state index contributed by atoms with van der Waals surface area (Å²) in [6, 6.07) is 6.84. The number of morpholine rings is 1. The molecule has 1 aromatic carbocycles. The van der Waals surface area contributed by atoms with Crippen LogP contribution in [0, 0.1) is 0 Å². The Morgan fingerprint density at radius 3 is 3.00 bits per heavy atom. The van der Waals surface area contributed by atoms with Crippen molar-refractivity contribution in [3.8, 4) is 0 Å². The molecule has 4 nitrogen and oxygen atoms in total. The average Bonchev–Trinajstić information content (AvgIpc) is 2.52. The van der Waals surface area contributed by atoms with E-state index in [9.17, 15) is 5.11 Å². The van der Waals surface area contributed by atoms with Crippen molar-refractivity contribution in [2.24, 2.45) is 0 Å². The van der Waals surface area contributed by atoms with Crippen LogP contribution in [-0.2, 0) is 4.74 Å². The lowest BCUT2D eigenvalue weighted by atomic mass is 10.1. The fourth-order valence-corrected chi connectivity index (χ4v) is 3.31. The van der Waals surface area contributed by atoms with Gasteiger partial charge in [-0.15, -0.1) is 0 Å². The van der Waals surface area contributed by atoms with Crippen molar-refractivity contribution in [3.63, 3.8) is 0 Å². The fourth-order valence-electron chi connectivity index (χ4n) is 2.60. The van der Waals surface area contributed by atoms with Crippen LogP contribution in [0.3, 0.4) is 0 Å². The van der Waals surface area contributed by atoms with Gasteiger partial charge in [0.1, 0.15) is 0 Å². The van der Waals surface area contributed by atoms with Gasteiger partial charge in [0, 0.05) is 29.3 Å². The highest BCUT2D eigenvalue weighted by molar-refractivity contribution is 9.10. The van der Waals surface area contributed by atoms with Gasteiger partial charge in [-0.3, -0.25) is 0 Å². The molecular formula is C16H25BrN2O2. The lowest BCUT2D eigenvalue weighted by Crippen LogP contribution is -2.44. The Hall–Kier alpha value is -0.620. The molecule has 1 saturated heterocycles. The Balaban J connectivity index is 2.07. The molecule has 0 aromatic heterocycles. The van der Waals surface area contributed by atoms with Gasteiger partial charge in [-0.1, -0.05) is 28.9 Å². The molecule has 1 aromatic rings. The SMILES string of the molecule is CCCNC(C)c1ccc(N2CCOC(CO)C2)cc1Br. The van der Waals surface area contributed by atoms with E-state index in [1.54, 1.807) is 0 Å². The first-order valence-corrected chi connectivity index (χ1v) is 8.45. The summed E-state index contributed by atoms with van der Waals surface area (Å²) in [5.41, 5.74) is 2.45. The molecular weight excluding hydrogens is 332 g/mol. The Morgan fingerprint density at radius 1 is 1.52 bits per heavy atom. The number of nitrogens with one attached hydrogen (secondary N) is 1. The van der Waals surface area contributed by atoms with Crippen LogP contribution in [0.15, 0.2) is 22.7 Å². The molecule has 2 atom stereocenters. The zero-order chi connectivity index (χ0) is 15.2. The minimum atomic E-state index is -0.0812. The molecule has 0 radical (unpaired) electrons. The summed E-state index contributed by atoms with van der Waals surface area (Å²) in [5.74, 6) is 0. The summed E-state index contributed by atoms with van der Waals surface area (Å²) in [6.07, 6.45) is 1.05. The van der Waals surface area contributed by atoms with Crippen LogP contribution >= 0.6 is 15.9 Å². The third kappa shape index (κ3) is 4.42. The van der Waals surface area contributed by atoms with Crippen molar-refractivity contribution < 1.29 is 9.84 Å². The third-order valence-corrected chi connectivity index (χ3v) is 4.55. The molecule has 1 aliphatic heterocycles. The summed E-state index contributed by atoms with van der Waals surface area (Å²) >= 11 is 3.69. The normalized spacial score (nSPS) is 20.6. The smallest absolute Gasteiger partial charge is 0.0980 e. The Kier molecular flexibility index (Phi) is 6.48. The molecule has 0 spiro atoms. The number of rotatable bonds is 6. The van der Waals surface area contributed by atoms with E-state index in [1.165, 1.54) is 11.3 Å². The van der Waals surface area contributed by atoms with Gasteiger partial charge in [-0.05, 0) is 37.6 Å². The second-order valence-corrected chi connectivity index (χ2v) is 6.36. The van der Waals surface area contributed by atoms with Crippen molar-refractivity contribution in [2.75, 3.05) is 37.7 Å². The van der Waals surface area contributed by atoms with E-state index in [-0.39, 0.29) is 12.7 Å². The number of benzene rings is 1. The van der Waals surface area contributed by atoms with Gasteiger partial charge >= 0.3 is 0 Å². The summed E-state index contributed by atoms with van der Waals surface area (Å²) < 4.78 is 6.63. The number of ether oxygens (including phenoxy) is 1. The number of halogens is 1. The van der Waals surface area contributed by atoms with Gasteiger partial charge in [0.05, 0.1) is 19.3 Å². The highest BCUT2D eigenvalue weighted by Gasteiger charge is 2.20. The molecule has 2 rings (SSSR count). The minimum Gasteiger partial charge on any atom is -0.394 e. The monoisotopic (exact) mass is 356 g/mol. The standard InChI is InChI=1S/C16H25BrN2O2/c1-3-6-18-12(2)15-5-4-13(9-16(15)17)19-7-8-21-14(10-19)11-20/h4-5,9,12,14,18,20H,3,6-8,10-11H2,1-2H3. The molecule has 0 aliphatic carbocycles. The van der Waals surface area contributed by atoms with E-state index in [0.717, 1.165) is 30.5 Å². The summed E-state index contributed by atoms with van der Waals surface area (Å²) in [7, 11) is 0. The first-order valence-electron chi connectivity index (χ1n) is 7.66. The van der Waals surface area contributed by atoms with E-state index in [0.29, 0.717) is 12.6 Å². The molecule has 2 N–H and O–H groups in total. The first-order chi connectivity index (χ1) is 10.2. The van der Waals surface area contributed by atoms with E-state index in [1.807, 2.05) is 0 Å². The number of nitrogens with zero attached hydrogens (tertiary/aromatic N) is 1. The van der Waals surface area contributed by atoms with Crippen LogP contribution < -0.4 is 10.2 Å². The average molecular weight is 357 g/mol. The lowest BCUT2D eigenvalue weighted by molar-refractivity contribution is 0.00356. The van der Waals surface area contributed by atoms with E-state index in [4.69, 9.17) is 4.74 Å². The predicted molar refractivity (Wildman–Crippen MR) is 89.9 cm³/mol. The molecule has 0 saturated carbocycles. The number of hydrogen-bond acceptors (Lipinski definition) is 4. The molecule has 1 fully saturated rings. The van der Waals surface area contributed by atoms with Crippen LogP contribution in [0.1, 0.15) is 31.9 Å². The Morgan fingerprint density at radius 2 is 2.33 bits per heavy atom. The van der Waals surface area contributed by atoms with E-state index < -0.39 is 0 Å². The number of anilines is 1. The summed E-state index contributed by atoms with van der Waals surface area (Å²) in [6.45, 7) is 7.74. The van der Waals surface area contributed by atoms with E-state index in [2.05, 4.69) is 58.2 Å². The fraction of sp³-hybridized carbons (Fsp3) is 0.625. The van der Waals surface area contributed by atoms with Gasteiger partial charge < -0.3 is 20.1 Å². The van der Waals surface area contributed by atoms with Crippen molar-refractivity contribution >= 4 is 21.6 Å². The lowest BCUT2D eigenvalue weighted by Gasteiger charge is -2.34. The predicted octanol–water partition coefficient (Wildman–Crippen LogP) is 2.71. The molecule has 2 unspecified atom stereocenters.